The van der Waals surface area contributed by atoms with E-state index in [2.05, 4.69) is 35.0 Å². The van der Waals surface area contributed by atoms with Crippen molar-refractivity contribution in [3.8, 4) is 11.5 Å². The van der Waals surface area contributed by atoms with E-state index in [0.717, 1.165) is 35.9 Å². The summed E-state index contributed by atoms with van der Waals surface area (Å²) in [7, 11) is 3.36. The van der Waals surface area contributed by atoms with Crippen LogP contribution in [-0.2, 0) is 0 Å². The normalized spacial score (nSPS) is 15.9. The maximum absolute atomic E-state index is 5.55. The zero-order valence-electron chi connectivity index (χ0n) is 18.5. The average molecular weight is 422 g/mol. The van der Waals surface area contributed by atoms with Gasteiger partial charge in [-0.2, -0.15) is 5.10 Å². The third kappa shape index (κ3) is 7.65. The number of hydrogen-bond donors (Lipinski definition) is 2. The highest BCUT2D eigenvalue weighted by Crippen LogP contribution is 2.35. The Balaban J connectivity index is 1.73. The highest BCUT2D eigenvalue weighted by atomic mass is 32.1. The van der Waals surface area contributed by atoms with E-state index in [9.17, 15) is 0 Å². The van der Waals surface area contributed by atoms with Crippen molar-refractivity contribution in [3.05, 3.63) is 18.2 Å². The number of unbranched alkanes of at least 4 members (excludes halogenated alkanes) is 10. The molecule has 1 unspecified atom stereocenters. The summed E-state index contributed by atoms with van der Waals surface area (Å²) in [6.45, 7) is 2.27. The second kappa shape index (κ2) is 13.6. The highest BCUT2D eigenvalue weighted by Gasteiger charge is 2.28. The van der Waals surface area contributed by atoms with Crippen LogP contribution >= 0.6 is 12.6 Å². The number of nitrogens with one attached hydrogen (secondary N) is 1. The third-order valence-electron chi connectivity index (χ3n) is 5.48. The summed E-state index contributed by atoms with van der Waals surface area (Å²) >= 11 is 4.64. The lowest BCUT2D eigenvalue weighted by atomic mass is 10.0. The Morgan fingerprint density at radius 2 is 1.55 bits per heavy atom. The number of ether oxygens (including phenoxy) is 2. The maximum atomic E-state index is 5.55. The summed E-state index contributed by atoms with van der Waals surface area (Å²) in [6.07, 6.45) is 15.7. The second-order valence-corrected chi connectivity index (χ2v) is 8.21. The molecular weight excluding hydrogens is 382 g/mol. The summed E-state index contributed by atoms with van der Waals surface area (Å²) in [5, 5.41) is 4.51. The van der Waals surface area contributed by atoms with E-state index >= 15 is 0 Å². The van der Waals surface area contributed by atoms with Gasteiger partial charge in [0.2, 0.25) is 0 Å². The number of nitrogens with zero attached hydrogens (tertiary/aromatic N) is 2. The van der Waals surface area contributed by atoms with Gasteiger partial charge in [-0.3, -0.25) is 10.3 Å². The highest BCUT2D eigenvalue weighted by molar-refractivity contribution is 7.81. The Morgan fingerprint density at radius 1 is 0.931 bits per heavy atom. The summed E-state index contributed by atoms with van der Waals surface area (Å²) in [5.41, 5.74) is 3.81. The molecule has 0 aliphatic carbocycles. The topological polar surface area (TPSA) is 46.1 Å². The minimum atomic E-state index is -0.196. The Hall–Kier alpha value is -1.56. The van der Waals surface area contributed by atoms with Crippen molar-refractivity contribution in [3.63, 3.8) is 0 Å². The van der Waals surface area contributed by atoms with E-state index in [1.165, 1.54) is 64.2 Å². The molecule has 164 valence electrons. The number of rotatable bonds is 15. The SMILES string of the molecule is CCCCCCCCCCCCCC1=NNC(S)N1c1cc(OC)ccc1OC. The lowest BCUT2D eigenvalue weighted by Crippen LogP contribution is -2.36. The molecule has 0 fully saturated rings. The van der Waals surface area contributed by atoms with Gasteiger partial charge in [0.15, 0.2) is 5.50 Å². The molecule has 1 aliphatic heterocycles. The molecular formula is C23H39N3O2S. The molecule has 5 nitrogen and oxygen atoms in total. The molecule has 2 rings (SSSR count). The second-order valence-electron chi connectivity index (χ2n) is 7.72. The molecule has 1 heterocycles. The zero-order chi connectivity index (χ0) is 20.9. The molecule has 0 saturated heterocycles. The van der Waals surface area contributed by atoms with Gasteiger partial charge in [-0.1, -0.05) is 71.1 Å². The van der Waals surface area contributed by atoms with Crippen LogP contribution in [0.15, 0.2) is 23.3 Å². The Morgan fingerprint density at radius 3 is 2.14 bits per heavy atom. The van der Waals surface area contributed by atoms with E-state index < -0.39 is 0 Å². The first-order chi connectivity index (χ1) is 14.2. The smallest absolute Gasteiger partial charge is 0.166 e. The van der Waals surface area contributed by atoms with E-state index in [0.29, 0.717) is 0 Å². The predicted octanol–water partition coefficient (Wildman–Crippen LogP) is 6.34. The van der Waals surface area contributed by atoms with Crippen LogP contribution in [-0.4, -0.2) is 25.6 Å². The van der Waals surface area contributed by atoms with Crippen LogP contribution in [0, 0.1) is 0 Å². The molecule has 1 N–H and O–H groups in total. The minimum Gasteiger partial charge on any atom is -0.497 e. The van der Waals surface area contributed by atoms with Crippen molar-refractivity contribution >= 4 is 24.2 Å². The largest absolute Gasteiger partial charge is 0.497 e. The summed E-state index contributed by atoms with van der Waals surface area (Å²) in [6, 6.07) is 5.80. The number of benzene rings is 1. The van der Waals surface area contributed by atoms with Gasteiger partial charge in [-0.25, -0.2) is 0 Å². The van der Waals surface area contributed by atoms with Crippen LogP contribution in [0.5, 0.6) is 11.5 Å². The number of amidine groups is 1. The van der Waals surface area contributed by atoms with Crippen molar-refractivity contribution in [2.24, 2.45) is 5.10 Å². The van der Waals surface area contributed by atoms with Gasteiger partial charge in [-0.15, -0.1) is 12.6 Å². The van der Waals surface area contributed by atoms with Gasteiger partial charge in [-0.05, 0) is 18.6 Å². The number of anilines is 1. The Labute approximate surface area is 182 Å². The molecule has 0 spiro atoms. The molecule has 1 aromatic carbocycles. The zero-order valence-corrected chi connectivity index (χ0v) is 19.3. The van der Waals surface area contributed by atoms with Gasteiger partial charge in [0.25, 0.3) is 0 Å². The molecule has 1 atom stereocenters. The summed E-state index contributed by atoms with van der Waals surface area (Å²) in [4.78, 5) is 2.10. The number of hydrazone groups is 1. The van der Waals surface area contributed by atoms with Gasteiger partial charge < -0.3 is 9.47 Å². The molecule has 1 aromatic rings. The Bertz CT molecular complexity index is 624. The van der Waals surface area contributed by atoms with E-state index in [1.807, 2.05) is 18.2 Å². The average Bonchev–Trinajstić information content (AvgIpc) is 3.11. The molecule has 1 aliphatic rings. The molecule has 0 saturated carbocycles. The molecule has 0 amide bonds. The van der Waals surface area contributed by atoms with Crippen molar-refractivity contribution < 1.29 is 9.47 Å². The monoisotopic (exact) mass is 421 g/mol. The number of methoxy groups -OCH3 is 2. The number of hydrogen-bond acceptors (Lipinski definition) is 6. The van der Waals surface area contributed by atoms with Crippen LogP contribution in [0.25, 0.3) is 0 Å². The quantitative estimate of drug-likeness (QED) is 0.256. The van der Waals surface area contributed by atoms with Crippen LogP contribution in [0.4, 0.5) is 5.69 Å². The van der Waals surface area contributed by atoms with Crippen molar-refractivity contribution in [2.45, 2.75) is 89.5 Å². The first-order valence-corrected chi connectivity index (χ1v) is 11.7. The fraction of sp³-hybridized carbons (Fsp3) is 0.696. The molecule has 6 heteroatoms. The van der Waals surface area contributed by atoms with E-state index in [-0.39, 0.29) is 5.50 Å². The van der Waals surface area contributed by atoms with Crippen molar-refractivity contribution in [1.29, 1.82) is 0 Å². The minimum absolute atomic E-state index is 0.196. The van der Waals surface area contributed by atoms with Gasteiger partial charge in [0, 0.05) is 12.5 Å². The molecule has 0 radical (unpaired) electrons. The molecule has 29 heavy (non-hydrogen) atoms. The third-order valence-corrected chi connectivity index (χ3v) is 5.83. The Kier molecular flexibility index (Phi) is 11.1. The number of thiol groups is 1. The maximum Gasteiger partial charge on any atom is 0.166 e. The van der Waals surface area contributed by atoms with Crippen LogP contribution in [0.2, 0.25) is 0 Å². The fourth-order valence-electron chi connectivity index (χ4n) is 3.76. The summed E-state index contributed by atoms with van der Waals surface area (Å²) in [5.74, 6) is 2.59. The van der Waals surface area contributed by atoms with E-state index in [1.54, 1.807) is 14.2 Å². The molecule has 0 aromatic heterocycles. The molecule has 0 bridgehead atoms. The van der Waals surface area contributed by atoms with Gasteiger partial charge in [0.05, 0.1) is 19.9 Å². The van der Waals surface area contributed by atoms with Crippen molar-refractivity contribution in [1.82, 2.24) is 5.43 Å². The summed E-state index contributed by atoms with van der Waals surface area (Å²) < 4.78 is 10.9. The van der Waals surface area contributed by atoms with Crippen LogP contribution in [0.3, 0.4) is 0 Å². The van der Waals surface area contributed by atoms with Gasteiger partial charge >= 0.3 is 0 Å². The first kappa shape index (κ1) is 23.7. The fourth-order valence-corrected chi connectivity index (χ4v) is 4.08. The van der Waals surface area contributed by atoms with Crippen molar-refractivity contribution in [2.75, 3.05) is 19.1 Å². The van der Waals surface area contributed by atoms with E-state index in [4.69, 9.17) is 9.47 Å². The predicted molar refractivity (Wildman–Crippen MR) is 126 cm³/mol. The van der Waals surface area contributed by atoms with Gasteiger partial charge in [0.1, 0.15) is 17.3 Å². The standard InChI is InChI=1S/C23H39N3O2S/c1-4-5-6-7-8-9-10-11-12-13-14-15-22-24-25-23(29)26(22)20-18-19(27-2)16-17-21(20)28-3/h16-18,23,25,29H,4-15H2,1-3H3. The van der Waals surface area contributed by atoms with Crippen LogP contribution < -0.4 is 19.8 Å². The lowest BCUT2D eigenvalue weighted by Gasteiger charge is -2.26. The van der Waals surface area contributed by atoms with Crippen LogP contribution in [0.1, 0.15) is 84.0 Å². The first-order valence-electron chi connectivity index (χ1n) is 11.2. The lowest BCUT2D eigenvalue weighted by molar-refractivity contribution is 0.403.